The predicted molar refractivity (Wildman–Crippen MR) is 56.8 cm³/mol. The molecular formula is C12H11NO. The molecule has 0 aliphatic heterocycles. The van der Waals surface area contributed by atoms with Crippen LogP contribution in [0.2, 0.25) is 0 Å². The third-order valence-electron chi connectivity index (χ3n) is 2.29. The molecule has 2 heteroatoms. The Kier molecular flexibility index (Phi) is 2.19. The van der Waals surface area contributed by atoms with Crippen LogP contribution in [0, 0.1) is 0 Å². The monoisotopic (exact) mass is 185 g/mol. The number of hydrogen-bond acceptors (Lipinski definition) is 1. The van der Waals surface area contributed by atoms with E-state index in [0.29, 0.717) is 5.56 Å². The summed E-state index contributed by atoms with van der Waals surface area (Å²) in [5.41, 5.74) is 8.07. The van der Waals surface area contributed by atoms with Gasteiger partial charge in [-0.25, -0.2) is 0 Å². The molecule has 2 rings (SSSR count). The van der Waals surface area contributed by atoms with E-state index in [1.165, 1.54) is 5.56 Å². The second-order valence-electron chi connectivity index (χ2n) is 3.27. The van der Waals surface area contributed by atoms with Crippen LogP contribution in [0.1, 0.15) is 21.5 Å². The lowest BCUT2D eigenvalue weighted by atomic mass is 10.0. The first-order chi connectivity index (χ1) is 6.77. The van der Waals surface area contributed by atoms with Gasteiger partial charge in [-0.3, -0.25) is 4.79 Å². The molecule has 0 radical (unpaired) electrons. The van der Waals surface area contributed by atoms with Gasteiger partial charge in [0.2, 0.25) is 5.91 Å². The molecular weight excluding hydrogens is 174 g/mol. The van der Waals surface area contributed by atoms with Crippen molar-refractivity contribution in [1.29, 1.82) is 0 Å². The molecule has 0 saturated carbocycles. The Hall–Kier alpha value is -1.83. The van der Waals surface area contributed by atoms with Gasteiger partial charge in [-0.15, -0.1) is 0 Å². The minimum absolute atomic E-state index is 0.376. The first-order valence-electron chi connectivity index (χ1n) is 4.53. The summed E-state index contributed by atoms with van der Waals surface area (Å²) in [6.07, 6.45) is 8.96. The number of benzene rings is 1. The third kappa shape index (κ3) is 1.59. The molecule has 1 aromatic rings. The third-order valence-corrected chi connectivity index (χ3v) is 2.29. The number of amides is 1. The standard InChI is InChI=1S/C12H11NO/c13-12(14)11-7-6-9-4-2-1-3-5-10(9)8-11/h1-3,5-8H,4H2,(H2,13,14). The molecule has 0 fully saturated rings. The quantitative estimate of drug-likeness (QED) is 0.713. The fraction of sp³-hybridized carbons (Fsp3) is 0.0833. The minimum Gasteiger partial charge on any atom is -0.366 e. The van der Waals surface area contributed by atoms with E-state index in [4.69, 9.17) is 5.73 Å². The molecule has 0 spiro atoms. The summed E-state index contributed by atoms with van der Waals surface area (Å²) in [5, 5.41) is 0. The zero-order valence-corrected chi connectivity index (χ0v) is 7.73. The highest BCUT2D eigenvalue weighted by atomic mass is 16.1. The Labute approximate surface area is 82.7 Å². The first kappa shape index (κ1) is 8.75. The minimum atomic E-state index is -0.376. The highest BCUT2D eigenvalue weighted by Gasteiger charge is 2.05. The molecule has 2 nitrogen and oxygen atoms in total. The zero-order chi connectivity index (χ0) is 9.97. The average molecular weight is 185 g/mol. The van der Waals surface area contributed by atoms with Gasteiger partial charge < -0.3 is 5.73 Å². The Morgan fingerprint density at radius 3 is 2.93 bits per heavy atom. The van der Waals surface area contributed by atoms with Crippen molar-refractivity contribution in [3.8, 4) is 0 Å². The fourth-order valence-corrected chi connectivity index (χ4v) is 1.52. The van der Waals surface area contributed by atoms with Crippen LogP contribution in [-0.4, -0.2) is 5.91 Å². The van der Waals surface area contributed by atoms with Gasteiger partial charge in [0.1, 0.15) is 0 Å². The van der Waals surface area contributed by atoms with Crippen molar-refractivity contribution in [2.75, 3.05) is 0 Å². The van der Waals surface area contributed by atoms with Gasteiger partial charge in [0.15, 0.2) is 0 Å². The Balaban J connectivity index is 2.49. The van der Waals surface area contributed by atoms with Gasteiger partial charge in [0.25, 0.3) is 0 Å². The van der Waals surface area contributed by atoms with Gasteiger partial charge in [-0.1, -0.05) is 30.4 Å². The summed E-state index contributed by atoms with van der Waals surface area (Å²) in [5.74, 6) is -0.376. The lowest BCUT2D eigenvalue weighted by molar-refractivity contribution is 0.100. The maximum Gasteiger partial charge on any atom is 0.248 e. The fourth-order valence-electron chi connectivity index (χ4n) is 1.52. The number of fused-ring (bicyclic) bond motifs is 1. The number of carbonyl (C=O) groups excluding carboxylic acids is 1. The number of allylic oxidation sites excluding steroid dienone is 3. The second-order valence-corrected chi connectivity index (χ2v) is 3.27. The van der Waals surface area contributed by atoms with Crippen molar-refractivity contribution in [3.05, 3.63) is 53.1 Å². The van der Waals surface area contributed by atoms with Crippen LogP contribution in [0.4, 0.5) is 0 Å². The molecule has 0 atom stereocenters. The molecule has 14 heavy (non-hydrogen) atoms. The van der Waals surface area contributed by atoms with E-state index in [1.54, 1.807) is 6.07 Å². The van der Waals surface area contributed by atoms with Crippen LogP contribution in [0.5, 0.6) is 0 Å². The molecule has 2 N–H and O–H groups in total. The summed E-state index contributed by atoms with van der Waals surface area (Å²) < 4.78 is 0. The Morgan fingerprint density at radius 1 is 1.29 bits per heavy atom. The van der Waals surface area contributed by atoms with Crippen molar-refractivity contribution < 1.29 is 4.79 Å². The highest BCUT2D eigenvalue weighted by molar-refractivity contribution is 5.93. The first-order valence-corrected chi connectivity index (χ1v) is 4.53. The zero-order valence-electron chi connectivity index (χ0n) is 7.73. The van der Waals surface area contributed by atoms with E-state index in [2.05, 4.69) is 6.08 Å². The van der Waals surface area contributed by atoms with Crippen molar-refractivity contribution >= 4 is 12.0 Å². The van der Waals surface area contributed by atoms with Gasteiger partial charge in [0.05, 0.1) is 0 Å². The topological polar surface area (TPSA) is 43.1 Å². The van der Waals surface area contributed by atoms with Gasteiger partial charge in [0, 0.05) is 5.56 Å². The van der Waals surface area contributed by atoms with Gasteiger partial charge in [-0.05, 0) is 29.7 Å². The van der Waals surface area contributed by atoms with Gasteiger partial charge in [-0.2, -0.15) is 0 Å². The summed E-state index contributed by atoms with van der Waals surface area (Å²) in [4.78, 5) is 11.0. The summed E-state index contributed by atoms with van der Waals surface area (Å²) in [7, 11) is 0. The van der Waals surface area contributed by atoms with Crippen molar-refractivity contribution in [2.45, 2.75) is 6.42 Å². The molecule has 70 valence electrons. The molecule has 0 bridgehead atoms. The average Bonchev–Trinajstić information content (AvgIpc) is 2.41. The van der Waals surface area contributed by atoms with E-state index in [-0.39, 0.29) is 5.91 Å². The smallest absolute Gasteiger partial charge is 0.248 e. The number of hydrogen-bond donors (Lipinski definition) is 1. The second kappa shape index (κ2) is 3.50. The summed E-state index contributed by atoms with van der Waals surface area (Å²) in [6.45, 7) is 0. The summed E-state index contributed by atoms with van der Waals surface area (Å²) >= 11 is 0. The molecule has 1 aliphatic carbocycles. The molecule has 0 heterocycles. The predicted octanol–water partition coefficient (Wildman–Crippen LogP) is 1.91. The lowest BCUT2D eigenvalue weighted by Gasteiger charge is -2.03. The van der Waals surface area contributed by atoms with Crippen LogP contribution in [0.15, 0.2) is 36.4 Å². The largest absolute Gasteiger partial charge is 0.366 e. The van der Waals surface area contributed by atoms with Crippen LogP contribution in [-0.2, 0) is 6.42 Å². The molecule has 0 aromatic heterocycles. The van der Waals surface area contributed by atoms with E-state index in [1.807, 2.05) is 30.4 Å². The van der Waals surface area contributed by atoms with E-state index < -0.39 is 0 Å². The molecule has 1 aliphatic rings. The molecule has 1 amide bonds. The van der Waals surface area contributed by atoms with E-state index >= 15 is 0 Å². The van der Waals surface area contributed by atoms with E-state index in [9.17, 15) is 4.79 Å². The van der Waals surface area contributed by atoms with Crippen molar-refractivity contribution in [1.82, 2.24) is 0 Å². The van der Waals surface area contributed by atoms with Gasteiger partial charge >= 0.3 is 0 Å². The van der Waals surface area contributed by atoms with Crippen LogP contribution in [0.25, 0.3) is 6.08 Å². The normalized spacial score (nSPS) is 13.4. The Bertz CT molecular complexity index is 430. The summed E-state index contributed by atoms with van der Waals surface area (Å²) in [6, 6.07) is 5.56. The SMILES string of the molecule is NC(=O)c1ccc2c(c1)C=CC=CC2. The van der Waals surface area contributed by atoms with Crippen molar-refractivity contribution in [2.24, 2.45) is 5.73 Å². The van der Waals surface area contributed by atoms with Crippen molar-refractivity contribution in [3.63, 3.8) is 0 Å². The number of rotatable bonds is 1. The molecule has 0 unspecified atom stereocenters. The van der Waals surface area contributed by atoms with Crippen LogP contribution < -0.4 is 5.73 Å². The lowest BCUT2D eigenvalue weighted by Crippen LogP contribution is -2.11. The van der Waals surface area contributed by atoms with Crippen LogP contribution >= 0.6 is 0 Å². The molecule has 0 saturated heterocycles. The van der Waals surface area contributed by atoms with E-state index in [0.717, 1.165) is 12.0 Å². The molecule has 1 aromatic carbocycles. The maximum absolute atomic E-state index is 11.0. The number of nitrogens with two attached hydrogens (primary N) is 1. The van der Waals surface area contributed by atoms with Crippen LogP contribution in [0.3, 0.4) is 0 Å². The number of carbonyl (C=O) groups is 1. The number of primary amides is 1. The highest BCUT2D eigenvalue weighted by Crippen LogP contribution is 2.17. The maximum atomic E-state index is 11.0. The Morgan fingerprint density at radius 2 is 2.14 bits per heavy atom.